The van der Waals surface area contributed by atoms with E-state index in [0.717, 1.165) is 12.1 Å². The topological polar surface area (TPSA) is 67.5 Å². The third-order valence-corrected chi connectivity index (χ3v) is 3.38. The van der Waals surface area contributed by atoms with Crippen LogP contribution in [0.2, 0.25) is 0 Å². The number of nitrogens with one attached hydrogen (secondary N) is 1. The number of nitrogen functional groups attached to an aromatic ring is 1. The lowest BCUT2D eigenvalue weighted by atomic mass is 9.93. The van der Waals surface area contributed by atoms with Crippen LogP contribution in [0.4, 0.5) is 24.5 Å². The van der Waals surface area contributed by atoms with E-state index in [0.29, 0.717) is 12.8 Å². The maximum Gasteiger partial charge on any atom is 0.387 e. The summed E-state index contributed by atoms with van der Waals surface area (Å²) in [5.41, 5.74) is 5.33. The fourth-order valence-electron chi connectivity index (χ4n) is 1.84. The van der Waals surface area contributed by atoms with Gasteiger partial charge >= 0.3 is 6.61 Å². The molecular formula is C13H19F3N2O2. The largest absolute Gasteiger partial charge is 0.432 e. The molecule has 0 radical (unpaired) electrons. The normalized spacial score (nSPS) is 11.8. The first-order valence-corrected chi connectivity index (χ1v) is 6.30. The predicted molar refractivity (Wildman–Crippen MR) is 71.5 cm³/mol. The van der Waals surface area contributed by atoms with Crippen LogP contribution in [0.5, 0.6) is 5.75 Å². The number of ether oxygens (including phenoxy) is 1. The lowest BCUT2D eigenvalue weighted by Crippen LogP contribution is -2.41. The molecule has 1 rings (SSSR count). The molecule has 0 saturated heterocycles. The first-order chi connectivity index (χ1) is 9.37. The van der Waals surface area contributed by atoms with Crippen molar-refractivity contribution in [2.24, 2.45) is 0 Å². The van der Waals surface area contributed by atoms with Gasteiger partial charge in [0, 0.05) is 12.1 Å². The van der Waals surface area contributed by atoms with Gasteiger partial charge in [0.1, 0.15) is 0 Å². The van der Waals surface area contributed by atoms with Gasteiger partial charge in [-0.25, -0.2) is 4.39 Å². The molecule has 0 aromatic heterocycles. The predicted octanol–water partition coefficient (Wildman–Crippen LogP) is 2.97. The summed E-state index contributed by atoms with van der Waals surface area (Å²) in [6, 6.07) is 1.99. The Hall–Kier alpha value is -1.63. The number of halogens is 3. The van der Waals surface area contributed by atoms with Crippen molar-refractivity contribution in [3.05, 3.63) is 17.9 Å². The third-order valence-electron chi connectivity index (χ3n) is 3.38. The Morgan fingerprint density at radius 1 is 1.35 bits per heavy atom. The van der Waals surface area contributed by atoms with E-state index in [4.69, 9.17) is 5.73 Å². The first-order valence-electron chi connectivity index (χ1n) is 6.30. The quantitative estimate of drug-likeness (QED) is 0.676. The van der Waals surface area contributed by atoms with Crippen LogP contribution in [-0.4, -0.2) is 23.9 Å². The van der Waals surface area contributed by atoms with E-state index >= 15 is 0 Å². The minimum atomic E-state index is -3.12. The van der Waals surface area contributed by atoms with E-state index < -0.39 is 23.7 Å². The average molecular weight is 292 g/mol. The van der Waals surface area contributed by atoms with Crippen molar-refractivity contribution in [1.29, 1.82) is 0 Å². The van der Waals surface area contributed by atoms with Gasteiger partial charge in [-0.2, -0.15) is 8.78 Å². The summed E-state index contributed by atoms with van der Waals surface area (Å²) in [4.78, 5) is 0. The summed E-state index contributed by atoms with van der Waals surface area (Å²) in [7, 11) is 0. The summed E-state index contributed by atoms with van der Waals surface area (Å²) in [5, 5.41) is 12.5. The molecule has 0 fully saturated rings. The smallest absolute Gasteiger partial charge is 0.387 e. The van der Waals surface area contributed by atoms with E-state index in [-0.39, 0.29) is 18.0 Å². The van der Waals surface area contributed by atoms with Crippen LogP contribution in [0.25, 0.3) is 0 Å². The lowest BCUT2D eigenvalue weighted by molar-refractivity contribution is -0.0521. The minimum Gasteiger partial charge on any atom is -0.432 e. The van der Waals surface area contributed by atoms with Crippen molar-refractivity contribution in [1.82, 2.24) is 0 Å². The van der Waals surface area contributed by atoms with Crippen LogP contribution in [0.1, 0.15) is 26.7 Å². The molecule has 0 amide bonds. The Morgan fingerprint density at radius 3 is 2.40 bits per heavy atom. The Morgan fingerprint density at radius 2 is 1.95 bits per heavy atom. The Bertz CT molecular complexity index is 443. The number of aliphatic hydroxyl groups is 1. The summed E-state index contributed by atoms with van der Waals surface area (Å²) in [6.07, 6.45) is 1.17. The highest BCUT2D eigenvalue weighted by Gasteiger charge is 2.26. The Balaban J connectivity index is 3.11. The summed E-state index contributed by atoms with van der Waals surface area (Å²) < 4.78 is 41.9. The molecule has 0 spiro atoms. The van der Waals surface area contributed by atoms with Crippen LogP contribution in [0.15, 0.2) is 12.1 Å². The lowest BCUT2D eigenvalue weighted by Gasteiger charge is -2.32. The van der Waals surface area contributed by atoms with E-state index in [1.54, 1.807) is 0 Å². The molecule has 0 aliphatic carbocycles. The van der Waals surface area contributed by atoms with E-state index in [1.165, 1.54) is 0 Å². The van der Waals surface area contributed by atoms with Gasteiger partial charge in [-0.3, -0.25) is 0 Å². The fourth-order valence-corrected chi connectivity index (χ4v) is 1.84. The highest BCUT2D eigenvalue weighted by molar-refractivity contribution is 5.69. The van der Waals surface area contributed by atoms with Gasteiger partial charge in [0.15, 0.2) is 11.6 Å². The van der Waals surface area contributed by atoms with Crippen LogP contribution >= 0.6 is 0 Å². The molecule has 114 valence electrons. The van der Waals surface area contributed by atoms with Crippen molar-refractivity contribution in [2.75, 3.05) is 17.7 Å². The highest BCUT2D eigenvalue weighted by Crippen LogP contribution is 2.32. The maximum absolute atomic E-state index is 13.5. The van der Waals surface area contributed by atoms with Crippen LogP contribution < -0.4 is 15.8 Å². The number of anilines is 2. The number of hydrogen-bond donors (Lipinski definition) is 3. The number of hydrogen-bond acceptors (Lipinski definition) is 4. The highest BCUT2D eigenvalue weighted by atomic mass is 19.3. The van der Waals surface area contributed by atoms with Crippen LogP contribution in [0.3, 0.4) is 0 Å². The molecule has 0 unspecified atom stereocenters. The van der Waals surface area contributed by atoms with Crippen molar-refractivity contribution in [2.45, 2.75) is 38.8 Å². The summed E-state index contributed by atoms with van der Waals surface area (Å²) in [6.45, 7) is 0.439. The molecule has 0 saturated carbocycles. The zero-order valence-electron chi connectivity index (χ0n) is 11.4. The Kier molecular flexibility index (Phi) is 5.50. The molecule has 1 aromatic rings. The number of nitrogens with two attached hydrogens (primary N) is 1. The number of aliphatic hydroxyl groups excluding tert-OH is 1. The first kappa shape index (κ1) is 16.4. The number of alkyl halides is 2. The molecule has 4 N–H and O–H groups in total. The molecule has 0 aliphatic rings. The molecule has 4 nitrogen and oxygen atoms in total. The molecule has 20 heavy (non-hydrogen) atoms. The molecule has 1 aromatic carbocycles. The number of benzene rings is 1. The zero-order chi connectivity index (χ0) is 15.3. The van der Waals surface area contributed by atoms with Crippen LogP contribution in [-0.2, 0) is 0 Å². The van der Waals surface area contributed by atoms with Gasteiger partial charge in [0.05, 0.1) is 23.5 Å². The summed E-state index contributed by atoms with van der Waals surface area (Å²) in [5.74, 6) is -1.55. The number of rotatable bonds is 7. The average Bonchev–Trinajstić information content (AvgIpc) is 2.40. The van der Waals surface area contributed by atoms with Crippen molar-refractivity contribution < 1.29 is 23.0 Å². The molecule has 0 aliphatic heterocycles. The van der Waals surface area contributed by atoms with Crippen molar-refractivity contribution in [3.63, 3.8) is 0 Å². The van der Waals surface area contributed by atoms with Gasteiger partial charge in [0.2, 0.25) is 0 Å². The molecule has 0 atom stereocenters. The van der Waals surface area contributed by atoms with E-state index in [2.05, 4.69) is 10.1 Å². The third kappa shape index (κ3) is 3.69. The minimum absolute atomic E-state index is 0.0591. The van der Waals surface area contributed by atoms with Gasteiger partial charge in [-0.15, -0.1) is 0 Å². The molecule has 0 bridgehead atoms. The van der Waals surface area contributed by atoms with E-state index in [9.17, 15) is 18.3 Å². The van der Waals surface area contributed by atoms with Crippen molar-refractivity contribution in [3.8, 4) is 5.75 Å². The van der Waals surface area contributed by atoms with Gasteiger partial charge in [-0.1, -0.05) is 13.8 Å². The van der Waals surface area contributed by atoms with Crippen molar-refractivity contribution >= 4 is 11.4 Å². The standard InChI is InChI=1S/C13H19F3N2O2/c1-3-13(4-2,7-19)18-10-6-11(20-12(15)16)8(14)5-9(10)17/h5-6,12,18-19H,3-4,7,17H2,1-2H3. The second-order valence-electron chi connectivity index (χ2n) is 4.52. The maximum atomic E-state index is 13.5. The summed E-state index contributed by atoms with van der Waals surface area (Å²) >= 11 is 0. The van der Waals surface area contributed by atoms with Gasteiger partial charge in [-0.05, 0) is 12.8 Å². The fraction of sp³-hybridized carbons (Fsp3) is 0.538. The van der Waals surface area contributed by atoms with Crippen LogP contribution in [0, 0.1) is 5.82 Å². The van der Waals surface area contributed by atoms with E-state index in [1.807, 2.05) is 13.8 Å². The van der Waals surface area contributed by atoms with Gasteiger partial charge in [0.25, 0.3) is 0 Å². The molecule has 0 heterocycles. The monoisotopic (exact) mass is 292 g/mol. The SMILES string of the molecule is CCC(CC)(CO)Nc1cc(OC(F)F)c(F)cc1N. The molecule has 7 heteroatoms. The zero-order valence-corrected chi connectivity index (χ0v) is 11.4. The Labute approximate surface area is 115 Å². The second kappa shape index (κ2) is 6.69. The van der Waals surface area contributed by atoms with Gasteiger partial charge < -0.3 is 20.9 Å². The second-order valence-corrected chi connectivity index (χ2v) is 4.52. The molecular weight excluding hydrogens is 273 g/mol.